The molecule has 4 nitrogen and oxygen atoms in total. The van der Waals surface area contributed by atoms with E-state index in [4.69, 9.17) is 9.47 Å². The van der Waals surface area contributed by atoms with Crippen LogP contribution in [0.3, 0.4) is 0 Å². The van der Waals surface area contributed by atoms with E-state index in [1.165, 1.54) is 5.06 Å². The highest BCUT2D eigenvalue weighted by molar-refractivity contribution is 5.20. The molecule has 4 heteroatoms. The van der Waals surface area contributed by atoms with E-state index in [9.17, 15) is 5.21 Å². The largest absolute Gasteiger partial charge is 0.375 e. The topological polar surface area (TPSA) is 41.9 Å². The van der Waals surface area contributed by atoms with Crippen molar-refractivity contribution in [3.8, 4) is 11.8 Å². The molecule has 0 heterocycles. The molecule has 0 saturated heterocycles. The Morgan fingerprint density at radius 1 is 0.968 bits per heavy atom. The second-order valence-corrected chi connectivity index (χ2v) is 9.17. The van der Waals surface area contributed by atoms with Crippen LogP contribution < -0.4 is 0 Å². The van der Waals surface area contributed by atoms with Gasteiger partial charge in [-0.25, -0.2) is 0 Å². The molecule has 0 aliphatic heterocycles. The molecule has 168 valence electrons. The first-order valence-electron chi connectivity index (χ1n) is 11.0. The molecule has 0 amide bonds. The summed E-state index contributed by atoms with van der Waals surface area (Å²) in [7, 11) is 0. The number of nitrogens with zero attached hydrogens (tertiary/aromatic N) is 1. The molecule has 2 aromatic carbocycles. The molecule has 0 aromatic heterocycles. The zero-order valence-corrected chi connectivity index (χ0v) is 19.5. The van der Waals surface area contributed by atoms with Gasteiger partial charge in [-0.3, -0.25) is 0 Å². The zero-order valence-electron chi connectivity index (χ0n) is 19.5. The molecule has 0 unspecified atom stereocenters. The van der Waals surface area contributed by atoms with Crippen molar-refractivity contribution in [3.05, 3.63) is 71.8 Å². The maximum Gasteiger partial charge on any atom is 0.108 e. The van der Waals surface area contributed by atoms with Crippen molar-refractivity contribution in [2.75, 3.05) is 13.2 Å². The molecule has 0 spiro atoms. The van der Waals surface area contributed by atoms with Gasteiger partial charge in [0.25, 0.3) is 0 Å². The molecule has 2 atom stereocenters. The van der Waals surface area contributed by atoms with Crippen molar-refractivity contribution in [2.45, 2.75) is 65.3 Å². The van der Waals surface area contributed by atoms with Crippen LogP contribution in [-0.4, -0.2) is 35.1 Å². The minimum atomic E-state index is -0.313. The Bertz CT molecular complexity index is 803. The van der Waals surface area contributed by atoms with E-state index in [1.54, 1.807) is 0 Å². The Labute approximate surface area is 188 Å². The highest BCUT2D eigenvalue weighted by Gasteiger charge is 2.26. The molecule has 0 aliphatic rings. The smallest absolute Gasteiger partial charge is 0.108 e. The van der Waals surface area contributed by atoms with Gasteiger partial charge in [0.2, 0.25) is 0 Å². The van der Waals surface area contributed by atoms with Crippen LogP contribution in [0, 0.1) is 17.8 Å². The number of hydroxylamine groups is 2. The number of hydrogen-bond acceptors (Lipinski definition) is 4. The van der Waals surface area contributed by atoms with Crippen molar-refractivity contribution in [3.63, 3.8) is 0 Å². The lowest BCUT2D eigenvalue weighted by atomic mass is 10.0. The van der Waals surface area contributed by atoms with E-state index in [0.717, 1.165) is 17.5 Å². The van der Waals surface area contributed by atoms with Gasteiger partial charge in [0.1, 0.15) is 6.61 Å². The van der Waals surface area contributed by atoms with Gasteiger partial charge < -0.3 is 14.7 Å². The van der Waals surface area contributed by atoms with E-state index < -0.39 is 0 Å². The normalized spacial score (nSPS) is 13.7. The molecule has 2 rings (SSSR count). The van der Waals surface area contributed by atoms with Crippen LogP contribution >= 0.6 is 0 Å². The van der Waals surface area contributed by atoms with Gasteiger partial charge in [-0.05, 0) is 44.2 Å². The monoisotopic (exact) mass is 423 g/mol. The zero-order chi connectivity index (χ0) is 22.7. The molecule has 0 bridgehead atoms. The summed E-state index contributed by atoms with van der Waals surface area (Å²) in [6.07, 6.45) is 0.751. The molecule has 1 N–H and O–H groups in total. The maximum atomic E-state index is 11.2. The van der Waals surface area contributed by atoms with Gasteiger partial charge in [-0.15, -0.1) is 0 Å². The molecule has 2 aromatic rings. The lowest BCUT2D eigenvalue weighted by Gasteiger charge is -2.31. The summed E-state index contributed by atoms with van der Waals surface area (Å²) in [6.45, 7) is 11.5. The Morgan fingerprint density at radius 3 is 2.16 bits per heavy atom. The first-order valence-corrected chi connectivity index (χ1v) is 11.0. The predicted octanol–water partition coefficient (Wildman–Crippen LogP) is 5.87. The molecular weight excluding hydrogens is 386 g/mol. The van der Waals surface area contributed by atoms with Crippen LogP contribution in [0.5, 0.6) is 0 Å². The molecule has 0 fully saturated rings. The van der Waals surface area contributed by atoms with Crippen molar-refractivity contribution in [1.29, 1.82) is 0 Å². The minimum Gasteiger partial charge on any atom is -0.375 e. The van der Waals surface area contributed by atoms with Crippen molar-refractivity contribution in [2.24, 2.45) is 5.92 Å². The molecule has 0 saturated carbocycles. The fourth-order valence-electron chi connectivity index (χ4n) is 3.17. The summed E-state index contributed by atoms with van der Waals surface area (Å²) in [5.74, 6) is 6.72. The van der Waals surface area contributed by atoms with Crippen molar-refractivity contribution < 1.29 is 14.7 Å². The second kappa shape index (κ2) is 12.6. The summed E-state index contributed by atoms with van der Waals surface area (Å²) < 4.78 is 11.7. The quantitative estimate of drug-likeness (QED) is 0.383. The summed E-state index contributed by atoms with van der Waals surface area (Å²) in [5, 5.41) is 12.6. The Balaban J connectivity index is 2.14. The number of rotatable bonds is 10. The standard InChI is InChI=1S/C27H37NO3/c1-22(2)19-25(17-12-18-31-27(3,4)5)28(29)26(24-15-10-7-11-16-24)21-30-20-23-13-8-6-9-14-23/h6-11,13-16,22,25-26,29H,18-21H2,1-5H3/t25-,26-/m1/s1. The third-order valence-electron chi connectivity index (χ3n) is 4.75. The van der Waals surface area contributed by atoms with Crippen LogP contribution in [0.2, 0.25) is 0 Å². The number of benzene rings is 2. The van der Waals surface area contributed by atoms with Crippen LogP contribution in [0.1, 0.15) is 58.2 Å². The van der Waals surface area contributed by atoms with Gasteiger partial charge in [0, 0.05) is 0 Å². The Hall–Kier alpha value is -2.16. The molecule has 0 radical (unpaired) electrons. The third-order valence-corrected chi connectivity index (χ3v) is 4.75. The van der Waals surface area contributed by atoms with Crippen LogP contribution in [-0.2, 0) is 16.1 Å². The van der Waals surface area contributed by atoms with Crippen LogP contribution in [0.4, 0.5) is 0 Å². The highest BCUT2D eigenvalue weighted by atomic mass is 16.5. The molecule has 0 aliphatic carbocycles. The van der Waals surface area contributed by atoms with Gasteiger partial charge in [-0.2, -0.15) is 5.06 Å². The second-order valence-electron chi connectivity index (χ2n) is 9.17. The SMILES string of the molecule is CC(C)C[C@@H](C#CCOC(C)(C)C)N(O)[C@H](COCc1ccccc1)c1ccccc1. The average Bonchev–Trinajstić information content (AvgIpc) is 2.73. The molecule has 31 heavy (non-hydrogen) atoms. The first-order chi connectivity index (χ1) is 14.8. The van der Waals surface area contributed by atoms with Gasteiger partial charge in [0.05, 0.1) is 30.9 Å². The lowest BCUT2D eigenvalue weighted by molar-refractivity contribution is -0.166. The summed E-state index contributed by atoms with van der Waals surface area (Å²) in [5.41, 5.74) is 1.87. The highest BCUT2D eigenvalue weighted by Crippen LogP contribution is 2.24. The Morgan fingerprint density at radius 2 is 1.58 bits per heavy atom. The van der Waals surface area contributed by atoms with Gasteiger partial charge in [-0.1, -0.05) is 86.4 Å². The van der Waals surface area contributed by atoms with Crippen molar-refractivity contribution in [1.82, 2.24) is 5.06 Å². The van der Waals surface area contributed by atoms with E-state index in [1.807, 2.05) is 81.4 Å². The van der Waals surface area contributed by atoms with Gasteiger partial charge in [0.15, 0.2) is 0 Å². The lowest BCUT2D eigenvalue weighted by Crippen LogP contribution is -2.38. The predicted molar refractivity (Wildman–Crippen MR) is 126 cm³/mol. The van der Waals surface area contributed by atoms with Crippen LogP contribution in [0.15, 0.2) is 60.7 Å². The fourth-order valence-corrected chi connectivity index (χ4v) is 3.17. The van der Waals surface area contributed by atoms with Gasteiger partial charge >= 0.3 is 0 Å². The number of ether oxygens (including phenoxy) is 2. The Kier molecular flexibility index (Phi) is 10.2. The van der Waals surface area contributed by atoms with Crippen LogP contribution in [0.25, 0.3) is 0 Å². The maximum absolute atomic E-state index is 11.2. The molecular formula is C27H37NO3. The summed E-state index contributed by atoms with van der Waals surface area (Å²) >= 11 is 0. The third kappa shape index (κ3) is 9.67. The van der Waals surface area contributed by atoms with Crippen molar-refractivity contribution >= 4 is 0 Å². The van der Waals surface area contributed by atoms with E-state index >= 15 is 0 Å². The fraction of sp³-hybridized carbons (Fsp3) is 0.481. The van der Waals surface area contributed by atoms with E-state index in [-0.39, 0.29) is 17.7 Å². The van der Waals surface area contributed by atoms with E-state index in [0.29, 0.717) is 25.7 Å². The number of hydrogen-bond donors (Lipinski definition) is 1. The summed E-state index contributed by atoms with van der Waals surface area (Å²) in [6, 6.07) is 19.4. The van der Waals surface area contributed by atoms with E-state index in [2.05, 4.69) is 25.7 Å². The minimum absolute atomic E-state index is 0.237. The first kappa shape index (κ1) is 25.1. The average molecular weight is 424 g/mol. The summed E-state index contributed by atoms with van der Waals surface area (Å²) in [4.78, 5) is 0.